The lowest BCUT2D eigenvalue weighted by atomic mass is 9.95. The molecular weight excluding hydrogens is 238 g/mol. The molecule has 1 N–H and O–H groups in total. The van der Waals surface area contributed by atoms with Crippen LogP contribution in [0.2, 0.25) is 0 Å². The molecule has 2 fully saturated rings. The van der Waals surface area contributed by atoms with Gasteiger partial charge in [0.05, 0.1) is 12.2 Å². The second kappa shape index (κ2) is 6.04. The molecule has 2 saturated heterocycles. The van der Waals surface area contributed by atoms with Crippen molar-refractivity contribution in [2.75, 3.05) is 19.8 Å². The molecule has 1 aromatic carbocycles. The van der Waals surface area contributed by atoms with E-state index in [9.17, 15) is 0 Å². The molecule has 2 aliphatic heterocycles. The maximum absolute atomic E-state index is 5.92. The van der Waals surface area contributed by atoms with Gasteiger partial charge in [0.2, 0.25) is 0 Å². The highest BCUT2D eigenvalue weighted by Crippen LogP contribution is 2.34. The predicted molar refractivity (Wildman–Crippen MR) is 75.1 cm³/mol. The van der Waals surface area contributed by atoms with Crippen molar-refractivity contribution in [3.8, 4) is 0 Å². The Hall–Kier alpha value is -0.900. The van der Waals surface area contributed by atoms with E-state index < -0.39 is 0 Å². The van der Waals surface area contributed by atoms with Crippen LogP contribution in [-0.4, -0.2) is 31.9 Å². The zero-order valence-corrected chi connectivity index (χ0v) is 11.5. The maximum atomic E-state index is 5.92. The molecule has 1 aromatic rings. The molecule has 19 heavy (non-hydrogen) atoms. The molecule has 0 saturated carbocycles. The summed E-state index contributed by atoms with van der Waals surface area (Å²) in [5.74, 6) is 0.579. The molecule has 4 atom stereocenters. The molecule has 0 radical (unpaired) electrons. The summed E-state index contributed by atoms with van der Waals surface area (Å²) in [6.07, 6.45) is 2.88. The summed E-state index contributed by atoms with van der Waals surface area (Å²) >= 11 is 0. The van der Waals surface area contributed by atoms with E-state index in [1.807, 2.05) is 0 Å². The van der Waals surface area contributed by atoms with Crippen LogP contribution in [0.25, 0.3) is 0 Å². The molecule has 3 rings (SSSR count). The van der Waals surface area contributed by atoms with Gasteiger partial charge in [0.1, 0.15) is 0 Å². The Balaban J connectivity index is 1.58. The molecule has 2 aliphatic rings. The lowest BCUT2D eigenvalue weighted by Gasteiger charge is -2.23. The summed E-state index contributed by atoms with van der Waals surface area (Å²) in [6, 6.07) is 11.1. The smallest absolute Gasteiger partial charge is 0.0866 e. The maximum Gasteiger partial charge on any atom is 0.0866 e. The molecule has 0 unspecified atom stereocenters. The molecule has 3 nitrogen and oxygen atoms in total. The standard InChI is InChI=1S/C16H23NO2/c1-12-15(8-10-18-12)17-11-14-7-9-19-16(14)13-5-3-2-4-6-13/h2-6,12,14-17H,7-11H2,1H3/t12-,14+,15-,16+/m0/s1. The molecule has 0 aliphatic carbocycles. The quantitative estimate of drug-likeness (QED) is 0.903. The molecule has 0 spiro atoms. The van der Waals surface area contributed by atoms with Gasteiger partial charge in [-0.05, 0) is 25.3 Å². The average Bonchev–Trinajstić information content (AvgIpc) is 3.06. The van der Waals surface area contributed by atoms with Crippen molar-refractivity contribution in [3.05, 3.63) is 35.9 Å². The van der Waals surface area contributed by atoms with Crippen molar-refractivity contribution in [3.63, 3.8) is 0 Å². The third-order valence-corrected chi connectivity index (χ3v) is 4.36. The SMILES string of the molecule is C[C@@H]1OCC[C@@H]1NC[C@H]1CCO[C@@H]1c1ccccc1. The first-order valence-electron chi connectivity index (χ1n) is 7.36. The lowest BCUT2D eigenvalue weighted by Crippen LogP contribution is -2.38. The zero-order chi connectivity index (χ0) is 13.1. The van der Waals surface area contributed by atoms with E-state index in [0.717, 1.165) is 32.6 Å². The van der Waals surface area contributed by atoms with E-state index in [0.29, 0.717) is 18.1 Å². The Bertz CT molecular complexity index is 395. The number of ether oxygens (including phenoxy) is 2. The number of nitrogens with one attached hydrogen (secondary N) is 1. The highest BCUT2D eigenvalue weighted by atomic mass is 16.5. The highest BCUT2D eigenvalue weighted by Gasteiger charge is 2.31. The minimum atomic E-state index is 0.256. The summed E-state index contributed by atoms with van der Waals surface area (Å²) in [4.78, 5) is 0. The van der Waals surface area contributed by atoms with E-state index in [4.69, 9.17) is 9.47 Å². The first kappa shape index (κ1) is 13.1. The van der Waals surface area contributed by atoms with Gasteiger partial charge in [-0.25, -0.2) is 0 Å². The Morgan fingerprint density at radius 2 is 1.89 bits per heavy atom. The minimum Gasteiger partial charge on any atom is -0.377 e. The minimum absolute atomic E-state index is 0.256. The number of hydrogen-bond acceptors (Lipinski definition) is 3. The van der Waals surface area contributed by atoms with E-state index in [1.54, 1.807) is 0 Å². The fourth-order valence-electron chi connectivity index (χ4n) is 3.16. The molecule has 2 heterocycles. The summed E-state index contributed by atoms with van der Waals surface area (Å²) in [7, 11) is 0. The molecular formula is C16H23NO2. The van der Waals surface area contributed by atoms with Gasteiger partial charge in [-0.3, -0.25) is 0 Å². The van der Waals surface area contributed by atoms with Gasteiger partial charge in [-0.15, -0.1) is 0 Å². The summed E-state index contributed by atoms with van der Waals surface area (Å²) < 4.78 is 11.5. The molecule has 0 aromatic heterocycles. The molecule has 3 heteroatoms. The first-order chi connectivity index (χ1) is 9.34. The summed E-state index contributed by atoms with van der Waals surface area (Å²) in [5, 5.41) is 3.67. The molecule has 0 bridgehead atoms. The van der Waals surface area contributed by atoms with Crippen molar-refractivity contribution in [2.24, 2.45) is 5.92 Å². The van der Waals surface area contributed by atoms with Crippen molar-refractivity contribution >= 4 is 0 Å². The van der Waals surface area contributed by atoms with Crippen molar-refractivity contribution in [2.45, 2.75) is 38.0 Å². The van der Waals surface area contributed by atoms with Gasteiger partial charge < -0.3 is 14.8 Å². The third-order valence-electron chi connectivity index (χ3n) is 4.36. The average molecular weight is 261 g/mol. The number of rotatable bonds is 4. The van der Waals surface area contributed by atoms with Crippen LogP contribution in [0, 0.1) is 5.92 Å². The largest absolute Gasteiger partial charge is 0.377 e. The van der Waals surface area contributed by atoms with Gasteiger partial charge in [-0.1, -0.05) is 30.3 Å². The van der Waals surface area contributed by atoms with Crippen molar-refractivity contribution < 1.29 is 9.47 Å². The van der Waals surface area contributed by atoms with Crippen LogP contribution in [0.4, 0.5) is 0 Å². The number of hydrogen-bond donors (Lipinski definition) is 1. The van der Waals surface area contributed by atoms with Gasteiger partial charge in [0.15, 0.2) is 0 Å². The van der Waals surface area contributed by atoms with Crippen molar-refractivity contribution in [1.29, 1.82) is 0 Å². The first-order valence-corrected chi connectivity index (χ1v) is 7.36. The van der Waals surface area contributed by atoms with E-state index in [1.165, 1.54) is 5.56 Å². The monoisotopic (exact) mass is 261 g/mol. The Morgan fingerprint density at radius 3 is 2.63 bits per heavy atom. The topological polar surface area (TPSA) is 30.5 Å². The summed E-state index contributed by atoms with van der Waals surface area (Å²) in [5.41, 5.74) is 1.31. The Morgan fingerprint density at radius 1 is 1.11 bits per heavy atom. The van der Waals surface area contributed by atoms with Crippen molar-refractivity contribution in [1.82, 2.24) is 5.32 Å². The third kappa shape index (κ3) is 2.99. The lowest BCUT2D eigenvalue weighted by molar-refractivity contribution is 0.0862. The normalized spacial score (nSPS) is 34.8. The van der Waals surface area contributed by atoms with E-state index >= 15 is 0 Å². The fraction of sp³-hybridized carbons (Fsp3) is 0.625. The van der Waals surface area contributed by atoms with Crippen LogP contribution in [0.5, 0.6) is 0 Å². The van der Waals surface area contributed by atoms with Crippen LogP contribution in [0.3, 0.4) is 0 Å². The molecule has 104 valence electrons. The van der Waals surface area contributed by atoms with Gasteiger partial charge in [-0.2, -0.15) is 0 Å². The molecule has 0 amide bonds. The zero-order valence-electron chi connectivity index (χ0n) is 11.5. The van der Waals surface area contributed by atoms with Gasteiger partial charge in [0, 0.05) is 31.7 Å². The summed E-state index contributed by atoms with van der Waals surface area (Å²) in [6.45, 7) is 4.95. The highest BCUT2D eigenvalue weighted by molar-refractivity contribution is 5.19. The van der Waals surface area contributed by atoms with Crippen LogP contribution in [0.1, 0.15) is 31.4 Å². The van der Waals surface area contributed by atoms with E-state index in [-0.39, 0.29) is 6.10 Å². The number of benzene rings is 1. The Kier molecular flexibility index (Phi) is 4.16. The second-order valence-corrected chi connectivity index (χ2v) is 5.63. The van der Waals surface area contributed by atoms with Crippen LogP contribution in [-0.2, 0) is 9.47 Å². The van der Waals surface area contributed by atoms with E-state index in [2.05, 4.69) is 42.6 Å². The van der Waals surface area contributed by atoms with Crippen LogP contribution in [0.15, 0.2) is 30.3 Å². The fourth-order valence-corrected chi connectivity index (χ4v) is 3.16. The van der Waals surface area contributed by atoms with Gasteiger partial charge in [0.25, 0.3) is 0 Å². The Labute approximate surface area is 115 Å². The van der Waals surface area contributed by atoms with Gasteiger partial charge >= 0.3 is 0 Å². The predicted octanol–water partition coefficient (Wildman–Crippen LogP) is 2.53. The van der Waals surface area contributed by atoms with Crippen LogP contribution >= 0.6 is 0 Å². The van der Waals surface area contributed by atoms with Crippen LogP contribution < -0.4 is 5.32 Å². The second-order valence-electron chi connectivity index (χ2n) is 5.63.